The molecule has 0 saturated heterocycles. The molecule has 2 rings (SSSR count). The van der Waals surface area contributed by atoms with Crippen LogP contribution >= 0.6 is 23.2 Å². The van der Waals surface area contributed by atoms with Crippen LogP contribution < -0.4 is 10.5 Å². The van der Waals surface area contributed by atoms with Crippen LogP contribution in [0.15, 0.2) is 18.2 Å². The number of amides is 1. The summed E-state index contributed by atoms with van der Waals surface area (Å²) in [4.78, 5) is 11.5. The van der Waals surface area contributed by atoms with Gasteiger partial charge in [0.2, 0.25) is 0 Å². The Labute approximate surface area is 110 Å². The maximum Gasteiger partial charge on any atom is 0.261 e. The van der Waals surface area contributed by atoms with E-state index in [4.69, 9.17) is 33.7 Å². The predicted molar refractivity (Wildman–Crippen MR) is 67.5 cm³/mol. The van der Waals surface area contributed by atoms with Crippen LogP contribution in [0.5, 0.6) is 5.75 Å². The van der Waals surface area contributed by atoms with Gasteiger partial charge in [0.25, 0.3) is 5.91 Å². The van der Waals surface area contributed by atoms with Crippen molar-refractivity contribution in [2.75, 3.05) is 0 Å². The molecular formula is C12H13Cl2NO2. The van der Waals surface area contributed by atoms with Crippen LogP contribution in [0.1, 0.15) is 25.7 Å². The lowest BCUT2D eigenvalue weighted by molar-refractivity contribution is -0.132. The Morgan fingerprint density at radius 3 is 2.53 bits per heavy atom. The van der Waals surface area contributed by atoms with E-state index in [2.05, 4.69) is 0 Å². The van der Waals surface area contributed by atoms with Crippen molar-refractivity contribution in [3.05, 3.63) is 28.2 Å². The summed E-state index contributed by atoms with van der Waals surface area (Å²) in [5, 5.41) is 0.948. The van der Waals surface area contributed by atoms with Gasteiger partial charge in [-0.3, -0.25) is 4.79 Å². The molecule has 1 aliphatic rings. The van der Waals surface area contributed by atoms with Crippen LogP contribution in [-0.2, 0) is 4.79 Å². The first-order chi connectivity index (χ1) is 8.03. The van der Waals surface area contributed by atoms with Crippen molar-refractivity contribution in [2.45, 2.75) is 31.3 Å². The van der Waals surface area contributed by atoms with Crippen LogP contribution in [-0.4, -0.2) is 11.5 Å². The van der Waals surface area contributed by atoms with Crippen LogP contribution in [0.25, 0.3) is 0 Å². The van der Waals surface area contributed by atoms with Crippen molar-refractivity contribution in [3.63, 3.8) is 0 Å². The number of ether oxygens (including phenoxy) is 1. The molecular weight excluding hydrogens is 261 g/mol. The van der Waals surface area contributed by atoms with Crippen molar-refractivity contribution < 1.29 is 9.53 Å². The fraction of sp³-hybridized carbons (Fsp3) is 0.417. The van der Waals surface area contributed by atoms with Crippen molar-refractivity contribution in [2.24, 2.45) is 5.73 Å². The zero-order valence-electron chi connectivity index (χ0n) is 9.21. The second-order valence-electron chi connectivity index (χ2n) is 4.24. The smallest absolute Gasteiger partial charge is 0.261 e. The average Bonchev–Trinajstić information content (AvgIpc) is 2.73. The minimum atomic E-state index is -0.922. The molecule has 0 heterocycles. The number of hydrogen-bond donors (Lipinski definition) is 1. The van der Waals surface area contributed by atoms with Gasteiger partial charge in [-0.2, -0.15) is 0 Å². The largest absolute Gasteiger partial charge is 0.476 e. The summed E-state index contributed by atoms with van der Waals surface area (Å²) in [5.74, 6) is -0.0223. The fourth-order valence-corrected chi connectivity index (χ4v) is 2.43. The molecule has 0 atom stereocenters. The van der Waals surface area contributed by atoms with E-state index in [0.717, 1.165) is 12.8 Å². The van der Waals surface area contributed by atoms with Gasteiger partial charge >= 0.3 is 0 Å². The van der Waals surface area contributed by atoms with Gasteiger partial charge < -0.3 is 10.5 Å². The predicted octanol–water partition coefficient (Wildman–Crippen LogP) is 3.17. The monoisotopic (exact) mass is 273 g/mol. The first-order valence-electron chi connectivity index (χ1n) is 5.47. The molecule has 5 heteroatoms. The maximum absolute atomic E-state index is 11.5. The second-order valence-corrected chi connectivity index (χ2v) is 5.09. The summed E-state index contributed by atoms with van der Waals surface area (Å²) in [6.07, 6.45) is 3.12. The minimum Gasteiger partial charge on any atom is -0.476 e. The number of primary amides is 1. The van der Waals surface area contributed by atoms with Gasteiger partial charge in [-0.25, -0.2) is 0 Å². The summed E-state index contributed by atoms with van der Waals surface area (Å²) in [6, 6.07) is 4.91. The Hall–Kier alpha value is -0.930. The van der Waals surface area contributed by atoms with E-state index in [-0.39, 0.29) is 0 Å². The molecule has 0 unspecified atom stereocenters. The molecule has 0 spiro atoms. The molecule has 0 radical (unpaired) electrons. The molecule has 0 aliphatic heterocycles. The van der Waals surface area contributed by atoms with E-state index in [9.17, 15) is 4.79 Å². The summed E-state index contributed by atoms with van der Waals surface area (Å²) >= 11 is 11.9. The van der Waals surface area contributed by atoms with E-state index < -0.39 is 11.5 Å². The van der Waals surface area contributed by atoms with Gasteiger partial charge in [0, 0.05) is 11.1 Å². The summed E-state index contributed by atoms with van der Waals surface area (Å²) < 4.78 is 5.75. The van der Waals surface area contributed by atoms with E-state index in [0.29, 0.717) is 28.6 Å². The maximum atomic E-state index is 11.5. The molecule has 1 amide bonds. The van der Waals surface area contributed by atoms with E-state index in [1.54, 1.807) is 18.2 Å². The Morgan fingerprint density at radius 1 is 1.29 bits per heavy atom. The first-order valence-corrected chi connectivity index (χ1v) is 6.23. The van der Waals surface area contributed by atoms with Crippen LogP contribution in [0, 0.1) is 0 Å². The normalized spacial score (nSPS) is 18.0. The molecule has 17 heavy (non-hydrogen) atoms. The number of nitrogens with two attached hydrogens (primary N) is 1. The number of benzene rings is 1. The highest BCUT2D eigenvalue weighted by atomic mass is 35.5. The molecule has 1 aromatic carbocycles. The van der Waals surface area contributed by atoms with Gasteiger partial charge in [-0.05, 0) is 37.8 Å². The Bertz CT molecular complexity index is 442. The van der Waals surface area contributed by atoms with E-state index in [1.807, 2.05) is 0 Å². The third kappa shape index (κ3) is 2.50. The van der Waals surface area contributed by atoms with Gasteiger partial charge in [-0.15, -0.1) is 0 Å². The van der Waals surface area contributed by atoms with E-state index in [1.165, 1.54) is 0 Å². The number of carbonyl (C=O) groups is 1. The molecule has 92 valence electrons. The second kappa shape index (κ2) is 4.75. The van der Waals surface area contributed by atoms with Gasteiger partial charge in [-0.1, -0.05) is 23.2 Å². The first kappa shape index (κ1) is 12.5. The number of halogens is 2. The van der Waals surface area contributed by atoms with Crippen molar-refractivity contribution in [1.82, 2.24) is 0 Å². The zero-order chi connectivity index (χ0) is 12.5. The Morgan fingerprint density at radius 2 is 1.94 bits per heavy atom. The quantitative estimate of drug-likeness (QED) is 0.920. The minimum absolute atomic E-state index is 0.417. The van der Waals surface area contributed by atoms with Crippen molar-refractivity contribution in [1.29, 1.82) is 0 Å². The van der Waals surface area contributed by atoms with Crippen molar-refractivity contribution >= 4 is 29.1 Å². The fourth-order valence-electron chi connectivity index (χ4n) is 2.11. The van der Waals surface area contributed by atoms with Gasteiger partial charge in [0.05, 0.1) is 5.02 Å². The molecule has 1 aliphatic carbocycles. The number of rotatable bonds is 3. The molecule has 0 aromatic heterocycles. The highest BCUT2D eigenvalue weighted by Gasteiger charge is 2.42. The van der Waals surface area contributed by atoms with Crippen LogP contribution in [0.4, 0.5) is 0 Å². The molecule has 0 bridgehead atoms. The summed E-state index contributed by atoms with van der Waals surface area (Å²) in [7, 11) is 0. The SMILES string of the molecule is NC(=O)C1(Oc2cc(Cl)ccc2Cl)CCCC1. The van der Waals surface area contributed by atoms with Crippen LogP contribution in [0.2, 0.25) is 10.0 Å². The lowest BCUT2D eigenvalue weighted by atomic mass is 10.0. The molecule has 1 aromatic rings. The lowest BCUT2D eigenvalue weighted by Gasteiger charge is -2.27. The Kier molecular flexibility index (Phi) is 3.50. The summed E-state index contributed by atoms with van der Waals surface area (Å²) in [6.45, 7) is 0. The average molecular weight is 274 g/mol. The number of carbonyl (C=O) groups excluding carboxylic acids is 1. The third-order valence-corrected chi connectivity index (χ3v) is 3.61. The zero-order valence-corrected chi connectivity index (χ0v) is 10.7. The van der Waals surface area contributed by atoms with Crippen molar-refractivity contribution in [3.8, 4) is 5.75 Å². The third-order valence-electron chi connectivity index (χ3n) is 3.06. The summed E-state index contributed by atoms with van der Waals surface area (Å²) in [5.41, 5.74) is 4.51. The topological polar surface area (TPSA) is 52.3 Å². The highest BCUT2D eigenvalue weighted by Crippen LogP contribution is 2.37. The Balaban J connectivity index is 2.29. The van der Waals surface area contributed by atoms with Gasteiger partial charge in [0.15, 0.2) is 5.60 Å². The van der Waals surface area contributed by atoms with E-state index >= 15 is 0 Å². The number of hydrogen-bond acceptors (Lipinski definition) is 2. The molecule has 1 fully saturated rings. The molecule has 2 N–H and O–H groups in total. The van der Waals surface area contributed by atoms with Crippen LogP contribution in [0.3, 0.4) is 0 Å². The standard InChI is InChI=1S/C12H13Cl2NO2/c13-8-3-4-9(14)10(7-8)17-12(11(15)16)5-1-2-6-12/h3-4,7H,1-2,5-6H2,(H2,15,16). The molecule has 1 saturated carbocycles. The molecule has 3 nitrogen and oxygen atoms in total. The van der Waals surface area contributed by atoms with Gasteiger partial charge in [0.1, 0.15) is 5.75 Å². The lowest BCUT2D eigenvalue weighted by Crippen LogP contribution is -2.46. The highest BCUT2D eigenvalue weighted by molar-refractivity contribution is 6.34.